The van der Waals surface area contributed by atoms with Crippen molar-refractivity contribution in [2.75, 3.05) is 5.73 Å². The third kappa shape index (κ3) is 2.68. The Bertz CT molecular complexity index is 870. The molecule has 0 aliphatic carbocycles. The molecule has 0 saturated carbocycles. The van der Waals surface area contributed by atoms with E-state index >= 15 is 0 Å². The van der Waals surface area contributed by atoms with Crippen molar-refractivity contribution < 1.29 is 25.9 Å². The van der Waals surface area contributed by atoms with Gasteiger partial charge in [-0.1, -0.05) is 6.07 Å². The summed E-state index contributed by atoms with van der Waals surface area (Å²) < 4.78 is 62.0. The summed E-state index contributed by atoms with van der Waals surface area (Å²) in [5.74, 6) is 0. The Labute approximate surface area is 109 Å². The van der Waals surface area contributed by atoms with Gasteiger partial charge in [-0.25, -0.2) is 0 Å². The van der Waals surface area contributed by atoms with Crippen molar-refractivity contribution in [1.82, 2.24) is 0 Å². The molecule has 4 N–H and O–H groups in total. The van der Waals surface area contributed by atoms with Crippen molar-refractivity contribution in [3.8, 4) is 0 Å². The van der Waals surface area contributed by atoms with E-state index in [1.165, 1.54) is 6.07 Å². The first kappa shape index (κ1) is 13.7. The van der Waals surface area contributed by atoms with E-state index in [-0.39, 0.29) is 11.1 Å². The second-order valence-electron chi connectivity index (χ2n) is 3.75. The average molecular weight is 302 g/mol. The maximum atomic E-state index is 11.1. The Hall–Kier alpha value is -1.68. The molecule has 0 spiro atoms. The lowest BCUT2D eigenvalue weighted by molar-refractivity contribution is 0.481. The number of rotatable bonds is 2. The molecule has 19 heavy (non-hydrogen) atoms. The third-order valence-electron chi connectivity index (χ3n) is 2.42. The van der Waals surface area contributed by atoms with E-state index < -0.39 is 30.0 Å². The Balaban J connectivity index is 2.83. The summed E-state index contributed by atoms with van der Waals surface area (Å²) in [5, 5.41) is 0.495. The molecule has 2 aromatic rings. The fraction of sp³-hybridized carbons (Fsp3) is 0. The molecule has 0 unspecified atom stereocenters. The predicted molar refractivity (Wildman–Crippen MR) is 66.8 cm³/mol. The molecule has 0 amide bonds. The van der Waals surface area contributed by atoms with Gasteiger partial charge >= 0.3 is 0 Å². The fourth-order valence-electron chi connectivity index (χ4n) is 1.57. The maximum absolute atomic E-state index is 11.1. The number of benzene rings is 2. The summed E-state index contributed by atoms with van der Waals surface area (Å²) in [7, 11) is -8.95. The Morgan fingerprint density at radius 1 is 1.00 bits per heavy atom. The van der Waals surface area contributed by atoms with E-state index in [0.717, 1.165) is 18.2 Å². The fourth-order valence-corrected chi connectivity index (χ4v) is 2.69. The van der Waals surface area contributed by atoms with Crippen LogP contribution in [-0.4, -0.2) is 25.9 Å². The zero-order valence-electron chi connectivity index (χ0n) is 9.23. The van der Waals surface area contributed by atoms with Gasteiger partial charge in [0, 0.05) is 6.07 Å². The zero-order valence-corrected chi connectivity index (χ0v) is 10.9. The molecule has 0 fully saturated rings. The number of hydrogen-bond donors (Lipinski definition) is 3. The van der Waals surface area contributed by atoms with Gasteiger partial charge in [0.05, 0.1) is 10.6 Å². The molecule has 9 heteroatoms. The third-order valence-corrected chi connectivity index (χ3v) is 4.16. The molecule has 7 nitrogen and oxygen atoms in total. The quantitative estimate of drug-likeness (QED) is 0.549. The second kappa shape index (κ2) is 4.17. The highest BCUT2D eigenvalue weighted by molar-refractivity contribution is 7.86. The van der Waals surface area contributed by atoms with Crippen molar-refractivity contribution >= 4 is 36.7 Å². The standard InChI is InChI=1S/C10H8NO6S2/c11-9-4-6-1-2-8(18(12,13)14)3-7(6)5-10(9)19(15,16)17/h1-3,5H,11H2,(H,12,13,14)(H,15,16,17). The molecule has 0 saturated heterocycles. The van der Waals surface area contributed by atoms with Crippen LogP contribution in [0.1, 0.15) is 0 Å². The number of nitrogen functional groups attached to an aromatic ring is 1. The van der Waals surface area contributed by atoms with Crippen LogP contribution < -0.4 is 5.73 Å². The van der Waals surface area contributed by atoms with Crippen molar-refractivity contribution in [1.29, 1.82) is 0 Å². The van der Waals surface area contributed by atoms with Gasteiger partial charge < -0.3 is 5.73 Å². The van der Waals surface area contributed by atoms with Crippen LogP contribution in [-0.2, 0) is 20.2 Å². The first-order valence-electron chi connectivity index (χ1n) is 4.79. The van der Waals surface area contributed by atoms with E-state index in [4.69, 9.17) is 14.8 Å². The summed E-state index contributed by atoms with van der Waals surface area (Å²) in [6, 6.07) is 7.00. The van der Waals surface area contributed by atoms with Gasteiger partial charge in [0.25, 0.3) is 20.2 Å². The van der Waals surface area contributed by atoms with Crippen LogP contribution in [0.3, 0.4) is 0 Å². The number of nitrogens with two attached hydrogens (primary N) is 1. The molecule has 2 aromatic carbocycles. The van der Waals surface area contributed by atoms with E-state index in [2.05, 4.69) is 6.07 Å². The lowest BCUT2D eigenvalue weighted by Crippen LogP contribution is -2.04. The number of fused-ring (bicyclic) bond motifs is 1. The molecule has 0 heterocycles. The van der Waals surface area contributed by atoms with Gasteiger partial charge in [-0.2, -0.15) is 16.8 Å². The minimum Gasteiger partial charge on any atom is -0.397 e. The average Bonchev–Trinajstić information content (AvgIpc) is 2.24. The first-order chi connectivity index (χ1) is 8.59. The van der Waals surface area contributed by atoms with Crippen LogP contribution in [0.4, 0.5) is 5.69 Å². The van der Waals surface area contributed by atoms with Gasteiger partial charge in [0.2, 0.25) is 0 Å². The van der Waals surface area contributed by atoms with E-state index in [1.54, 1.807) is 0 Å². The number of anilines is 1. The molecule has 1 radical (unpaired) electrons. The molecule has 0 aromatic heterocycles. The lowest BCUT2D eigenvalue weighted by atomic mass is 10.1. The van der Waals surface area contributed by atoms with E-state index in [0.29, 0.717) is 5.39 Å². The SMILES string of the molecule is Nc1[c]c2ccc(S(=O)(=O)O)cc2cc1S(=O)(=O)O. The van der Waals surface area contributed by atoms with Crippen molar-refractivity contribution in [3.05, 3.63) is 30.3 Å². The maximum Gasteiger partial charge on any atom is 0.296 e. The van der Waals surface area contributed by atoms with Gasteiger partial charge in [-0.05, 0) is 29.0 Å². The minimum absolute atomic E-state index is 0.150. The Kier molecular flexibility index (Phi) is 3.01. The monoisotopic (exact) mass is 302 g/mol. The van der Waals surface area contributed by atoms with Crippen molar-refractivity contribution in [3.63, 3.8) is 0 Å². The smallest absolute Gasteiger partial charge is 0.296 e. The Morgan fingerprint density at radius 2 is 1.63 bits per heavy atom. The molecule has 0 aliphatic heterocycles. The summed E-state index contributed by atoms with van der Waals surface area (Å²) in [6.45, 7) is 0. The highest BCUT2D eigenvalue weighted by Crippen LogP contribution is 2.26. The largest absolute Gasteiger partial charge is 0.397 e. The van der Waals surface area contributed by atoms with E-state index in [9.17, 15) is 16.8 Å². The molecule has 2 rings (SSSR count). The molecule has 101 valence electrons. The first-order valence-corrected chi connectivity index (χ1v) is 7.67. The van der Waals surface area contributed by atoms with Gasteiger partial charge in [-0.3, -0.25) is 9.11 Å². The van der Waals surface area contributed by atoms with E-state index in [1.807, 2.05) is 0 Å². The summed E-state index contributed by atoms with van der Waals surface area (Å²) in [5.41, 5.74) is 5.15. The molecule has 0 bridgehead atoms. The predicted octanol–water partition coefficient (Wildman–Crippen LogP) is 0.716. The summed E-state index contributed by atoms with van der Waals surface area (Å²) in [4.78, 5) is -0.980. The van der Waals surface area contributed by atoms with Gasteiger partial charge in [0.15, 0.2) is 0 Å². The van der Waals surface area contributed by atoms with Gasteiger partial charge in [-0.15, -0.1) is 0 Å². The summed E-state index contributed by atoms with van der Waals surface area (Å²) in [6.07, 6.45) is 0. The normalized spacial score (nSPS) is 12.7. The highest BCUT2D eigenvalue weighted by atomic mass is 32.2. The van der Waals surface area contributed by atoms with Crippen LogP contribution in [0.15, 0.2) is 34.1 Å². The van der Waals surface area contributed by atoms with Crippen LogP contribution in [0.2, 0.25) is 0 Å². The molecular weight excluding hydrogens is 294 g/mol. The minimum atomic E-state index is -4.54. The lowest BCUT2D eigenvalue weighted by Gasteiger charge is -2.06. The zero-order chi connectivity index (χ0) is 14.4. The van der Waals surface area contributed by atoms with Crippen LogP contribution in [0.25, 0.3) is 10.8 Å². The second-order valence-corrected chi connectivity index (χ2v) is 6.56. The highest BCUT2D eigenvalue weighted by Gasteiger charge is 2.16. The molecule has 0 aliphatic rings. The van der Waals surface area contributed by atoms with Crippen LogP contribution in [0, 0.1) is 6.07 Å². The van der Waals surface area contributed by atoms with Crippen LogP contribution in [0.5, 0.6) is 0 Å². The Morgan fingerprint density at radius 3 is 2.16 bits per heavy atom. The van der Waals surface area contributed by atoms with Crippen LogP contribution >= 0.6 is 0 Å². The van der Waals surface area contributed by atoms with Crippen molar-refractivity contribution in [2.45, 2.75) is 9.79 Å². The van der Waals surface area contributed by atoms with Gasteiger partial charge in [0.1, 0.15) is 4.90 Å². The topological polar surface area (TPSA) is 135 Å². The summed E-state index contributed by atoms with van der Waals surface area (Å²) >= 11 is 0. The van der Waals surface area contributed by atoms with Crippen molar-refractivity contribution in [2.24, 2.45) is 0 Å². The molecular formula is C10H8NO6S2. The molecule has 0 atom stereocenters. The number of hydrogen-bond acceptors (Lipinski definition) is 5.